The van der Waals surface area contributed by atoms with Gasteiger partial charge in [0.2, 0.25) is 4.96 Å². The minimum atomic E-state index is -0.0549. The van der Waals surface area contributed by atoms with Gasteiger partial charge in [0, 0.05) is 29.0 Å². The SMILES string of the molecule is COc1ccc(-c2nc3sc(CCNC(=O)c4cccc5ccccc45)c(C)n3n2)cc1. The average molecular weight is 443 g/mol. The fraction of sp³-hybridized carbons (Fsp3) is 0.160. The highest BCUT2D eigenvalue weighted by atomic mass is 32.1. The summed E-state index contributed by atoms with van der Waals surface area (Å²) in [5.41, 5.74) is 2.70. The predicted octanol–water partition coefficient (Wildman–Crippen LogP) is 4.90. The van der Waals surface area contributed by atoms with Crippen LogP contribution in [-0.4, -0.2) is 34.2 Å². The minimum absolute atomic E-state index is 0.0549. The summed E-state index contributed by atoms with van der Waals surface area (Å²) in [6, 6.07) is 21.5. The molecule has 32 heavy (non-hydrogen) atoms. The van der Waals surface area contributed by atoms with Crippen molar-refractivity contribution >= 4 is 33.0 Å². The van der Waals surface area contributed by atoms with Gasteiger partial charge < -0.3 is 10.1 Å². The molecule has 2 aromatic heterocycles. The number of ether oxygens (including phenoxy) is 1. The van der Waals surface area contributed by atoms with E-state index >= 15 is 0 Å². The largest absolute Gasteiger partial charge is 0.497 e. The van der Waals surface area contributed by atoms with Crippen molar-refractivity contribution in [1.82, 2.24) is 19.9 Å². The molecule has 0 spiro atoms. The van der Waals surface area contributed by atoms with Crippen LogP contribution in [0.25, 0.3) is 27.1 Å². The molecule has 0 unspecified atom stereocenters. The molecule has 5 aromatic rings. The van der Waals surface area contributed by atoms with Gasteiger partial charge in [0.1, 0.15) is 5.75 Å². The van der Waals surface area contributed by atoms with E-state index in [2.05, 4.69) is 15.4 Å². The average Bonchev–Trinajstić information content (AvgIpc) is 3.38. The van der Waals surface area contributed by atoms with Crippen molar-refractivity contribution in [1.29, 1.82) is 0 Å². The Bertz CT molecular complexity index is 1410. The predicted molar refractivity (Wildman–Crippen MR) is 128 cm³/mol. The molecule has 1 N–H and O–H groups in total. The van der Waals surface area contributed by atoms with Gasteiger partial charge in [-0.2, -0.15) is 4.98 Å². The lowest BCUT2D eigenvalue weighted by molar-refractivity contribution is 0.0956. The summed E-state index contributed by atoms with van der Waals surface area (Å²) in [6.45, 7) is 2.59. The quantitative estimate of drug-likeness (QED) is 0.406. The van der Waals surface area contributed by atoms with Crippen LogP contribution < -0.4 is 10.1 Å². The standard InChI is InChI=1S/C25H22N4O2S/c1-16-22(14-15-26-24(30)21-9-5-7-17-6-3-4-8-20(17)21)32-25-27-23(28-29(16)25)18-10-12-19(31-2)13-11-18/h3-13H,14-15H2,1-2H3,(H,26,30). The van der Waals surface area contributed by atoms with Crippen molar-refractivity contribution in [2.24, 2.45) is 0 Å². The van der Waals surface area contributed by atoms with Gasteiger partial charge in [-0.25, -0.2) is 4.52 Å². The van der Waals surface area contributed by atoms with E-state index in [1.165, 1.54) is 4.88 Å². The Labute approximate surface area is 189 Å². The zero-order valence-corrected chi connectivity index (χ0v) is 18.6. The molecule has 0 saturated heterocycles. The van der Waals surface area contributed by atoms with Gasteiger partial charge in [0.25, 0.3) is 5.91 Å². The number of aromatic nitrogens is 3. The number of aryl methyl sites for hydroxylation is 1. The Morgan fingerprint density at radius 2 is 1.84 bits per heavy atom. The van der Waals surface area contributed by atoms with E-state index in [1.807, 2.05) is 78.2 Å². The van der Waals surface area contributed by atoms with Crippen LogP contribution in [-0.2, 0) is 6.42 Å². The van der Waals surface area contributed by atoms with Gasteiger partial charge in [-0.3, -0.25) is 4.79 Å². The molecule has 7 heteroatoms. The van der Waals surface area contributed by atoms with Gasteiger partial charge >= 0.3 is 0 Å². The van der Waals surface area contributed by atoms with Crippen molar-refractivity contribution in [3.05, 3.63) is 82.9 Å². The molecule has 0 atom stereocenters. The monoisotopic (exact) mass is 442 g/mol. The number of nitrogens with zero attached hydrogens (tertiary/aromatic N) is 3. The molecule has 5 rings (SSSR count). The second kappa shape index (κ2) is 8.43. The van der Waals surface area contributed by atoms with Gasteiger partial charge in [-0.15, -0.1) is 5.10 Å². The first-order valence-electron chi connectivity index (χ1n) is 10.4. The normalized spacial score (nSPS) is 11.2. The number of thiazole rings is 1. The summed E-state index contributed by atoms with van der Waals surface area (Å²) in [7, 11) is 1.65. The number of carbonyl (C=O) groups is 1. The van der Waals surface area contributed by atoms with Crippen LogP contribution in [0.1, 0.15) is 20.9 Å². The first-order valence-corrected chi connectivity index (χ1v) is 11.2. The third-order valence-electron chi connectivity index (χ3n) is 5.53. The highest BCUT2D eigenvalue weighted by molar-refractivity contribution is 7.17. The summed E-state index contributed by atoms with van der Waals surface area (Å²) in [5.74, 6) is 1.44. The van der Waals surface area contributed by atoms with E-state index in [9.17, 15) is 4.79 Å². The third kappa shape index (κ3) is 3.71. The van der Waals surface area contributed by atoms with Gasteiger partial charge in [0.15, 0.2) is 5.82 Å². The van der Waals surface area contributed by atoms with Gasteiger partial charge in [-0.1, -0.05) is 47.7 Å². The van der Waals surface area contributed by atoms with Crippen LogP contribution in [0.15, 0.2) is 66.7 Å². The second-order valence-electron chi connectivity index (χ2n) is 7.50. The lowest BCUT2D eigenvalue weighted by Crippen LogP contribution is -2.25. The minimum Gasteiger partial charge on any atom is -0.497 e. The molecule has 0 aliphatic heterocycles. The van der Waals surface area contributed by atoms with E-state index in [4.69, 9.17) is 4.74 Å². The molecular weight excluding hydrogens is 420 g/mol. The molecule has 0 fully saturated rings. The van der Waals surface area contributed by atoms with Gasteiger partial charge in [-0.05, 0) is 48.0 Å². The van der Waals surface area contributed by atoms with Crippen molar-refractivity contribution in [2.75, 3.05) is 13.7 Å². The van der Waals surface area contributed by atoms with Crippen LogP contribution in [0.5, 0.6) is 5.75 Å². The molecule has 0 aliphatic rings. The Morgan fingerprint density at radius 1 is 1.06 bits per heavy atom. The Kier molecular flexibility index (Phi) is 5.33. The number of hydrogen-bond donors (Lipinski definition) is 1. The lowest BCUT2D eigenvalue weighted by atomic mass is 10.0. The summed E-state index contributed by atoms with van der Waals surface area (Å²) in [5, 5.41) is 9.76. The zero-order chi connectivity index (χ0) is 22.1. The first kappa shape index (κ1) is 20.2. The summed E-state index contributed by atoms with van der Waals surface area (Å²) < 4.78 is 7.09. The topological polar surface area (TPSA) is 68.5 Å². The number of rotatable bonds is 6. The van der Waals surface area contributed by atoms with Gasteiger partial charge in [0.05, 0.1) is 12.8 Å². The summed E-state index contributed by atoms with van der Waals surface area (Å²) in [4.78, 5) is 19.5. The van der Waals surface area contributed by atoms with Crippen molar-refractivity contribution in [3.8, 4) is 17.1 Å². The van der Waals surface area contributed by atoms with Crippen molar-refractivity contribution in [2.45, 2.75) is 13.3 Å². The molecule has 0 saturated carbocycles. The molecule has 3 aromatic carbocycles. The second-order valence-corrected chi connectivity index (χ2v) is 8.56. The summed E-state index contributed by atoms with van der Waals surface area (Å²) >= 11 is 1.61. The number of benzene rings is 3. The number of nitrogens with one attached hydrogen (secondary N) is 1. The van der Waals surface area contributed by atoms with Crippen molar-refractivity contribution < 1.29 is 9.53 Å². The van der Waals surface area contributed by atoms with E-state index in [0.29, 0.717) is 17.9 Å². The molecule has 0 radical (unpaired) electrons. The Hall–Kier alpha value is -3.71. The van der Waals surface area contributed by atoms with Crippen LogP contribution in [0.4, 0.5) is 0 Å². The number of hydrogen-bond acceptors (Lipinski definition) is 5. The fourth-order valence-electron chi connectivity index (χ4n) is 3.79. The number of methoxy groups -OCH3 is 1. The zero-order valence-electron chi connectivity index (χ0n) is 17.8. The maximum atomic E-state index is 12.8. The van der Waals surface area contributed by atoms with E-state index < -0.39 is 0 Å². The lowest BCUT2D eigenvalue weighted by Gasteiger charge is -2.08. The van der Waals surface area contributed by atoms with Crippen LogP contribution in [0.2, 0.25) is 0 Å². The number of carbonyl (C=O) groups excluding carboxylic acids is 1. The summed E-state index contributed by atoms with van der Waals surface area (Å²) in [6.07, 6.45) is 0.732. The molecule has 2 heterocycles. The molecule has 6 nitrogen and oxygen atoms in total. The highest BCUT2D eigenvalue weighted by Crippen LogP contribution is 2.26. The first-order chi connectivity index (χ1) is 15.6. The fourth-order valence-corrected chi connectivity index (χ4v) is 4.84. The van der Waals surface area contributed by atoms with Crippen LogP contribution in [0.3, 0.4) is 0 Å². The maximum absolute atomic E-state index is 12.8. The molecule has 0 aliphatic carbocycles. The van der Waals surface area contributed by atoms with E-state index in [1.54, 1.807) is 18.4 Å². The highest BCUT2D eigenvalue weighted by Gasteiger charge is 2.15. The van der Waals surface area contributed by atoms with E-state index in [0.717, 1.165) is 39.2 Å². The number of amides is 1. The molecular formula is C25H22N4O2S. The molecule has 0 bridgehead atoms. The number of fused-ring (bicyclic) bond motifs is 2. The van der Waals surface area contributed by atoms with Crippen LogP contribution >= 0.6 is 11.3 Å². The van der Waals surface area contributed by atoms with Crippen LogP contribution in [0, 0.1) is 6.92 Å². The Morgan fingerprint density at radius 3 is 2.62 bits per heavy atom. The van der Waals surface area contributed by atoms with E-state index in [-0.39, 0.29) is 5.91 Å². The third-order valence-corrected chi connectivity index (χ3v) is 6.73. The smallest absolute Gasteiger partial charge is 0.251 e. The molecule has 1 amide bonds. The Balaban J connectivity index is 1.29. The van der Waals surface area contributed by atoms with Crippen molar-refractivity contribution in [3.63, 3.8) is 0 Å². The molecule has 160 valence electrons. The maximum Gasteiger partial charge on any atom is 0.251 e.